The highest BCUT2D eigenvalue weighted by atomic mass is 19.4. The normalized spacial score (nSPS) is 11.5. The van der Waals surface area contributed by atoms with E-state index in [4.69, 9.17) is 0 Å². The number of nitrogens with zero attached hydrogens (tertiary/aromatic N) is 5. The molecule has 0 spiro atoms. The molecule has 2 heterocycles. The van der Waals surface area contributed by atoms with Gasteiger partial charge in [-0.05, 0) is 32.0 Å². The number of hydrogen-bond acceptors (Lipinski definition) is 4. The van der Waals surface area contributed by atoms with Crippen LogP contribution in [-0.2, 0) is 23.9 Å². The number of rotatable bonds is 5. The first kappa shape index (κ1) is 20.5. The second kappa shape index (κ2) is 8.02. The lowest BCUT2D eigenvalue weighted by atomic mass is 10.1. The molecular weight excluding hydrogens is 383 g/mol. The number of carbonyl (C=O) groups excluding carboxylic acids is 1. The van der Waals surface area contributed by atoms with Crippen LogP contribution in [0.2, 0.25) is 0 Å². The maximum atomic E-state index is 13.0. The predicted molar refractivity (Wildman–Crippen MR) is 100 cm³/mol. The fourth-order valence-corrected chi connectivity index (χ4v) is 3.03. The summed E-state index contributed by atoms with van der Waals surface area (Å²) < 4.78 is 40.5. The molecule has 9 heteroatoms. The summed E-state index contributed by atoms with van der Waals surface area (Å²) in [5, 5.41) is 4.36. The number of amides is 1. The van der Waals surface area contributed by atoms with Crippen molar-refractivity contribution in [3.05, 3.63) is 71.1 Å². The van der Waals surface area contributed by atoms with Crippen molar-refractivity contribution < 1.29 is 18.0 Å². The molecule has 0 saturated heterocycles. The molecule has 0 radical (unpaired) electrons. The summed E-state index contributed by atoms with van der Waals surface area (Å²) in [6.45, 7) is 3.79. The van der Waals surface area contributed by atoms with E-state index in [1.165, 1.54) is 15.6 Å². The molecule has 0 atom stereocenters. The number of aryl methyl sites for hydroxylation is 1. The van der Waals surface area contributed by atoms with Gasteiger partial charge in [-0.3, -0.25) is 14.8 Å². The zero-order chi connectivity index (χ0) is 21.2. The summed E-state index contributed by atoms with van der Waals surface area (Å²) >= 11 is 0. The average Bonchev–Trinajstić information content (AvgIpc) is 2.96. The number of halogens is 3. The quantitative estimate of drug-likeness (QED) is 0.654. The Kier molecular flexibility index (Phi) is 5.67. The van der Waals surface area contributed by atoms with E-state index in [1.54, 1.807) is 45.6 Å². The van der Waals surface area contributed by atoms with E-state index in [9.17, 15) is 18.0 Å². The summed E-state index contributed by atoms with van der Waals surface area (Å²) in [6, 6.07) is 4.96. The van der Waals surface area contributed by atoms with Gasteiger partial charge >= 0.3 is 6.18 Å². The smallest absolute Gasteiger partial charge is 0.340 e. The van der Waals surface area contributed by atoms with Gasteiger partial charge in [-0.2, -0.15) is 18.3 Å². The van der Waals surface area contributed by atoms with Crippen LogP contribution in [0.4, 0.5) is 13.2 Å². The fraction of sp³-hybridized carbons (Fsp3) is 0.300. The van der Waals surface area contributed by atoms with Gasteiger partial charge in [-0.25, -0.2) is 4.68 Å². The van der Waals surface area contributed by atoms with Crippen LogP contribution in [0.1, 0.15) is 28.2 Å². The number of likely N-dealkylation sites (N-methyl/N-ethyl adjacent to an activating group) is 1. The van der Waals surface area contributed by atoms with Gasteiger partial charge < -0.3 is 4.90 Å². The highest BCUT2D eigenvalue weighted by Crippen LogP contribution is 2.31. The van der Waals surface area contributed by atoms with Crippen molar-refractivity contribution in [2.24, 2.45) is 0 Å². The molecule has 0 bridgehead atoms. The molecule has 3 aromatic rings. The zero-order valence-electron chi connectivity index (χ0n) is 16.2. The van der Waals surface area contributed by atoms with Crippen LogP contribution >= 0.6 is 0 Å². The second-order valence-corrected chi connectivity index (χ2v) is 6.73. The fourth-order valence-electron chi connectivity index (χ4n) is 3.03. The minimum atomic E-state index is -4.44. The minimum absolute atomic E-state index is 0.0907. The lowest BCUT2D eigenvalue weighted by molar-refractivity contribution is -0.137. The summed E-state index contributed by atoms with van der Waals surface area (Å²) in [5.74, 6) is -0.148. The number of aromatic nitrogens is 4. The number of carbonyl (C=O) groups is 1. The summed E-state index contributed by atoms with van der Waals surface area (Å²) in [6.07, 6.45) is 0.356. The molecule has 1 amide bonds. The van der Waals surface area contributed by atoms with Crippen LogP contribution in [0.3, 0.4) is 0 Å². The first-order valence-corrected chi connectivity index (χ1v) is 8.88. The van der Waals surface area contributed by atoms with E-state index < -0.39 is 11.7 Å². The van der Waals surface area contributed by atoms with Crippen molar-refractivity contribution in [3.63, 3.8) is 0 Å². The molecule has 3 rings (SSSR count). The van der Waals surface area contributed by atoms with E-state index >= 15 is 0 Å². The Balaban J connectivity index is 1.82. The Bertz CT molecular complexity index is 1010. The van der Waals surface area contributed by atoms with Gasteiger partial charge in [0.1, 0.15) is 0 Å². The van der Waals surface area contributed by atoms with Gasteiger partial charge in [0.25, 0.3) is 0 Å². The average molecular weight is 403 g/mol. The molecule has 0 aliphatic rings. The van der Waals surface area contributed by atoms with E-state index in [0.29, 0.717) is 34.9 Å². The van der Waals surface area contributed by atoms with Gasteiger partial charge in [0.2, 0.25) is 5.91 Å². The van der Waals surface area contributed by atoms with Gasteiger partial charge in [0, 0.05) is 30.7 Å². The van der Waals surface area contributed by atoms with Crippen LogP contribution in [0, 0.1) is 13.8 Å². The van der Waals surface area contributed by atoms with E-state index in [0.717, 1.165) is 12.1 Å². The number of hydrogen-bond donors (Lipinski definition) is 0. The molecule has 6 nitrogen and oxygen atoms in total. The monoisotopic (exact) mass is 403 g/mol. The highest BCUT2D eigenvalue weighted by molar-refractivity contribution is 5.79. The standard InChI is InChI=1S/C20H20F3N5O/c1-13-18(10-19(29)27(3)12-16-11-24-7-8-25-16)14(2)28(26-13)17-6-4-5-15(9-17)20(21,22)23/h4-9,11H,10,12H2,1-3H3. The van der Waals surface area contributed by atoms with Crippen molar-refractivity contribution >= 4 is 5.91 Å². The maximum Gasteiger partial charge on any atom is 0.416 e. The summed E-state index contributed by atoms with van der Waals surface area (Å²) in [5.41, 5.74) is 2.13. The summed E-state index contributed by atoms with van der Waals surface area (Å²) in [7, 11) is 1.67. The van der Waals surface area contributed by atoms with E-state index in [2.05, 4.69) is 15.1 Å². The maximum absolute atomic E-state index is 13.0. The zero-order valence-corrected chi connectivity index (χ0v) is 16.2. The molecule has 0 N–H and O–H groups in total. The third-order valence-electron chi connectivity index (χ3n) is 4.63. The van der Waals surface area contributed by atoms with Crippen LogP contribution in [0.15, 0.2) is 42.9 Å². The highest BCUT2D eigenvalue weighted by Gasteiger charge is 2.31. The molecular formula is C20H20F3N5O. The molecule has 0 fully saturated rings. The molecule has 29 heavy (non-hydrogen) atoms. The van der Waals surface area contributed by atoms with Gasteiger partial charge in [-0.1, -0.05) is 6.07 Å². The predicted octanol–water partition coefficient (Wildman–Crippen LogP) is 3.50. The van der Waals surface area contributed by atoms with Gasteiger partial charge in [0.15, 0.2) is 0 Å². The Hall–Kier alpha value is -3.23. The molecule has 152 valence electrons. The molecule has 0 unspecified atom stereocenters. The van der Waals surface area contributed by atoms with Crippen molar-refractivity contribution in [3.8, 4) is 5.69 Å². The Morgan fingerprint density at radius 2 is 1.97 bits per heavy atom. The molecule has 0 saturated carbocycles. The molecule has 0 aliphatic heterocycles. The lowest BCUT2D eigenvalue weighted by Gasteiger charge is -2.16. The summed E-state index contributed by atoms with van der Waals surface area (Å²) in [4.78, 5) is 22.3. The van der Waals surface area contributed by atoms with E-state index in [1.807, 2.05) is 0 Å². The molecule has 1 aromatic carbocycles. The Labute approximate surface area is 166 Å². The number of benzene rings is 1. The molecule has 0 aliphatic carbocycles. The van der Waals surface area contributed by atoms with Crippen molar-refractivity contribution in [2.75, 3.05) is 7.05 Å². The van der Waals surface area contributed by atoms with Crippen LogP contribution < -0.4 is 0 Å². The largest absolute Gasteiger partial charge is 0.416 e. The van der Waals surface area contributed by atoms with Crippen LogP contribution in [0.5, 0.6) is 0 Å². The third-order valence-corrected chi connectivity index (χ3v) is 4.63. The lowest BCUT2D eigenvalue weighted by Crippen LogP contribution is -2.28. The van der Waals surface area contributed by atoms with Crippen molar-refractivity contribution in [2.45, 2.75) is 33.0 Å². The molecule has 2 aromatic heterocycles. The SMILES string of the molecule is Cc1nn(-c2cccc(C(F)(F)F)c2)c(C)c1CC(=O)N(C)Cc1cnccn1. The van der Waals surface area contributed by atoms with Gasteiger partial charge in [0.05, 0.1) is 41.8 Å². The van der Waals surface area contributed by atoms with Crippen molar-refractivity contribution in [1.29, 1.82) is 0 Å². The first-order chi connectivity index (χ1) is 13.7. The minimum Gasteiger partial charge on any atom is -0.340 e. The van der Waals surface area contributed by atoms with Crippen LogP contribution in [-0.4, -0.2) is 37.6 Å². The Morgan fingerprint density at radius 1 is 1.21 bits per heavy atom. The van der Waals surface area contributed by atoms with Gasteiger partial charge in [-0.15, -0.1) is 0 Å². The second-order valence-electron chi connectivity index (χ2n) is 6.73. The number of alkyl halides is 3. The first-order valence-electron chi connectivity index (χ1n) is 8.88. The third kappa shape index (κ3) is 4.61. The Morgan fingerprint density at radius 3 is 2.62 bits per heavy atom. The van der Waals surface area contributed by atoms with E-state index in [-0.39, 0.29) is 12.3 Å². The van der Waals surface area contributed by atoms with Crippen LogP contribution in [0.25, 0.3) is 5.69 Å². The topological polar surface area (TPSA) is 63.9 Å². The van der Waals surface area contributed by atoms with Crippen molar-refractivity contribution in [1.82, 2.24) is 24.6 Å².